The van der Waals surface area contributed by atoms with Crippen LogP contribution in [0.2, 0.25) is 0 Å². The number of hydrogen-bond acceptors (Lipinski definition) is 7. The second kappa shape index (κ2) is 8.81. The topological polar surface area (TPSA) is 88.3 Å². The highest BCUT2D eigenvalue weighted by Gasteiger charge is 2.24. The van der Waals surface area contributed by atoms with E-state index in [-0.39, 0.29) is 12.5 Å². The van der Waals surface area contributed by atoms with Crippen molar-refractivity contribution >= 4 is 32.6 Å². The van der Waals surface area contributed by atoms with E-state index in [1.165, 1.54) is 11.3 Å². The Hall–Kier alpha value is -3.96. The first-order valence-electron chi connectivity index (χ1n) is 9.38. The van der Waals surface area contributed by atoms with Gasteiger partial charge >= 0.3 is 0 Å². The van der Waals surface area contributed by atoms with Crippen LogP contribution in [-0.2, 0) is 6.54 Å². The molecule has 31 heavy (non-hydrogen) atoms. The Morgan fingerprint density at radius 1 is 1.06 bits per heavy atom. The van der Waals surface area contributed by atoms with Crippen LogP contribution in [0.4, 0.5) is 5.13 Å². The number of ether oxygens (including phenoxy) is 2. The molecular weight excluding hydrogens is 412 g/mol. The third-order valence-electron chi connectivity index (χ3n) is 4.68. The molecule has 0 fully saturated rings. The number of aromatic nitrogens is 2. The van der Waals surface area contributed by atoms with Crippen molar-refractivity contribution in [3.63, 3.8) is 0 Å². The van der Waals surface area contributed by atoms with E-state index < -0.39 is 0 Å². The molecule has 0 spiro atoms. The van der Waals surface area contributed by atoms with Gasteiger partial charge in [0.2, 0.25) is 0 Å². The number of carbonyl (C=O) groups excluding carboxylic acids is 1. The van der Waals surface area contributed by atoms with Gasteiger partial charge in [-0.15, -0.1) is 0 Å². The third kappa shape index (κ3) is 4.04. The molecule has 0 saturated carbocycles. The highest BCUT2D eigenvalue weighted by atomic mass is 32.1. The smallest absolute Gasteiger partial charge is 0.260 e. The second-order valence-corrected chi connectivity index (χ2v) is 7.52. The van der Waals surface area contributed by atoms with Gasteiger partial charge in [-0.25, -0.2) is 4.98 Å². The number of hydrogen-bond donors (Lipinski definition) is 0. The molecule has 0 radical (unpaired) electrons. The van der Waals surface area contributed by atoms with Crippen molar-refractivity contribution in [2.75, 3.05) is 19.1 Å². The lowest BCUT2D eigenvalue weighted by molar-refractivity contribution is 0.0985. The first-order chi connectivity index (χ1) is 15.1. The fourth-order valence-electron chi connectivity index (χ4n) is 3.11. The van der Waals surface area contributed by atoms with Gasteiger partial charge in [-0.05, 0) is 48.5 Å². The van der Waals surface area contributed by atoms with Gasteiger partial charge in [-0.1, -0.05) is 17.4 Å². The van der Waals surface area contributed by atoms with E-state index in [4.69, 9.17) is 19.7 Å². The largest absolute Gasteiger partial charge is 0.495 e. The molecule has 7 nitrogen and oxygen atoms in total. The molecule has 0 unspecified atom stereocenters. The number of benzene rings is 2. The van der Waals surface area contributed by atoms with Gasteiger partial charge < -0.3 is 9.47 Å². The average Bonchev–Trinajstić information content (AvgIpc) is 3.27. The van der Waals surface area contributed by atoms with E-state index in [1.54, 1.807) is 55.6 Å². The Balaban J connectivity index is 1.82. The summed E-state index contributed by atoms with van der Waals surface area (Å²) >= 11 is 1.34. The maximum absolute atomic E-state index is 13.5. The van der Waals surface area contributed by atoms with Crippen molar-refractivity contribution in [1.29, 1.82) is 5.26 Å². The van der Waals surface area contributed by atoms with Gasteiger partial charge in [0.1, 0.15) is 21.7 Å². The second-order valence-electron chi connectivity index (χ2n) is 6.55. The van der Waals surface area contributed by atoms with Crippen LogP contribution in [0.25, 0.3) is 10.2 Å². The van der Waals surface area contributed by atoms with E-state index >= 15 is 0 Å². The number of rotatable bonds is 6. The molecule has 0 saturated heterocycles. The summed E-state index contributed by atoms with van der Waals surface area (Å²) in [6.45, 7) is 0.240. The first-order valence-corrected chi connectivity index (χ1v) is 10.2. The van der Waals surface area contributed by atoms with Crippen LogP contribution in [0.1, 0.15) is 21.6 Å². The van der Waals surface area contributed by atoms with Crippen LogP contribution < -0.4 is 14.4 Å². The Bertz CT molecular complexity index is 1220. The quantitative estimate of drug-likeness (QED) is 0.450. The molecule has 0 atom stereocenters. The lowest BCUT2D eigenvalue weighted by Gasteiger charge is -2.19. The Kier molecular flexibility index (Phi) is 5.78. The minimum absolute atomic E-state index is 0.240. The van der Waals surface area contributed by atoms with E-state index in [0.717, 1.165) is 10.4 Å². The summed E-state index contributed by atoms with van der Waals surface area (Å²) < 4.78 is 11.7. The summed E-state index contributed by atoms with van der Waals surface area (Å²) in [5.41, 5.74) is 2.29. The molecule has 4 aromatic rings. The van der Waals surface area contributed by atoms with Crippen LogP contribution >= 0.6 is 11.3 Å². The lowest BCUT2D eigenvalue weighted by Crippen LogP contribution is -2.30. The molecule has 154 valence electrons. The first kappa shape index (κ1) is 20.3. The van der Waals surface area contributed by atoms with Crippen LogP contribution in [0.5, 0.6) is 11.5 Å². The lowest BCUT2D eigenvalue weighted by atomic mass is 10.1. The van der Waals surface area contributed by atoms with Gasteiger partial charge in [-0.3, -0.25) is 14.7 Å². The van der Waals surface area contributed by atoms with Crippen molar-refractivity contribution in [1.82, 2.24) is 9.97 Å². The zero-order chi connectivity index (χ0) is 21.8. The van der Waals surface area contributed by atoms with Crippen molar-refractivity contribution in [2.24, 2.45) is 0 Å². The molecule has 0 aliphatic heterocycles. The summed E-state index contributed by atoms with van der Waals surface area (Å²) in [5.74, 6) is 1.01. The third-order valence-corrected chi connectivity index (χ3v) is 5.78. The van der Waals surface area contributed by atoms with Crippen molar-refractivity contribution in [3.8, 4) is 17.6 Å². The van der Waals surface area contributed by atoms with E-state index in [0.29, 0.717) is 33.3 Å². The summed E-state index contributed by atoms with van der Waals surface area (Å²) in [7, 11) is 3.17. The number of methoxy groups -OCH3 is 2. The molecule has 2 aromatic heterocycles. The zero-order valence-electron chi connectivity index (χ0n) is 16.9. The number of carbonyl (C=O) groups is 1. The number of fused-ring (bicyclic) bond motifs is 1. The van der Waals surface area contributed by atoms with Gasteiger partial charge in [-0.2, -0.15) is 5.26 Å². The van der Waals surface area contributed by atoms with E-state index in [1.807, 2.05) is 24.3 Å². The Labute approximate surface area is 183 Å². The fourth-order valence-corrected chi connectivity index (χ4v) is 4.18. The molecular formula is C23H18N4O3S. The number of anilines is 1. The summed E-state index contributed by atoms with van der Waals surface area (Å²) in [5, 5.41) is 9.54. The molecule has 1 amide bonds. The zero-order valence-corrected chi connectivity index (χ0v) is 17.7. The van der Waals surface area contributed by atoms with Crippen LogP contribution in [0.15, 0.2) is 60.8 Å². The van der Waals surface area contributed by atoms with Gasteiger partial charge in [0, 0.05) is 11.8 Å². The number of nitrogens with zero attached hydrogens (tertiary/aromatic N) is 4. The SMILES string of the molecule is COc1ccc(OC)c2sc(N(Cc3ccccn3)C(=O)c3ccc(C#N)cc3)nc12. The van der Waals surface area contributed by atoms with E-state index in [2.05, 4.69) is 11.1 Å². The Morgan fingerprint density at radius 3 is 2.45 bits per heavy atom. The Morgan fingerprint density at radius 2 is 1.81 bits per heavy atom. The van der Waals surface area contributed by atoms with Gasteiger partial charge in [0.25, 0.3) is 5.91 Å². The molecule has 0 bridgehead atoms. The van der Waals surface area contributed by atoms with Crippen LogP contribution in [0.3, 0.4) is 0 Å². The molecule has 8 heteroatoms. The number of thiazole rings is 1. The van der Waals surface area contributed by atoms with E-state index in [9.17, 15) is 4.79 Å². The number of nitriles is 1. The minimum atomic E-state index is -0.243. The standard InChI is InChI=1S/C23H18N4O3S/c1-29-18-10-11-19(30-2)21-20(18)26-23(31-21)27(14-17-5-3-4-12-25-17)22(28)16-8-6-15(13-24)7-9-16/h3-12H,14H2,1-2H3. The van der Waals surface area contributed by atoms with Gasteiger partial charge in [0.15, 0.2) is 5.13 Å². The highest BCUT2D eigenvalue weighted by Crippen LogP contribution is 2.40. The maximum atomic E-state index is 13.5. The number of pyridine rings is 1. The fraction of sp³-hybridized carbons (Fsp3) is 0.130. The summed E-state index contributed by atoms with van der Waals surface area (Å²) in [6.07, 6.45) is 1.68. The van der Waals surface area contributed by atoms with Crippen LogP contribution in [-0.4, -0.2) is 30.1 Å². The molecule has 0 N–H and O–H groups in total. The monoisotopic (exact) mass is 430 g/mol. The number of amides is 1. The predicted octanol–water partition coefficient (Wildman–Crippen LogP) is 4.43. The highest BCUT2D eigenvalue weighted by molar-refractivity contribution is 7.22. The molecule has 0 aliphatic rings. The summed E-state index contributed by atoms with van der Waals surface area (Å²) in [4.78, 5) is 24.1. The normalized spacial score (nSPS) is 10.5. The van der Waals surface area contributed by atoms with Crippen molar-refractivity contribution < 1.29 is 14.3 Å². The summed E-state index contributed by atoms with van der Waals surface area (Å²) in [6, 6.07) is 17.7. The maximum Gasteiger partial charge on any atom is 0.260 e. The molecule has 2 aromatic carbocycles. The van der Waals surface area contributed by atoms with Crippen LogP contribution in [0, 0.1) is 11.3 Å². The molecule has 2 heterocycles. The average molecular weight is 430 g/mol. The molecule has 0 aliphatic carbocycles. The predicted molar refractivity (Wildman–Crippen MR) is 119 cm³/mol. The molecule has 4 rings (SSSR count). The van der Waals surface area contributed by atoms with Gasteiger partial charge in [0.05, 0.1) is 38.1 Å². The van der Waals surface area contributed by atoms with Crippen molar-refractivity contribution in [2.45, 2.75) is 6.54 Å². The minimum Gasteiger partial charge on any atom is -0.495 e. The van der Waals surface area contributed by atoms with Crippen molar-refractivity contribution in [3.05, 3.63) is 77.6 Å².